The van der Waals surface area contributed by atoms with Gasteiger partial charge in [-0.3, -0.25) is 38.4 Å². The van der Waals surface area contributed by atoms with E-state index in [0.717, 1.165) is 5.56 Å². The lowest BCUT2D eigenvalue weighted by atomic mass is 9.72. The maximum absolute atomic E-state index is 14.3. The molecule has 25 nitrogen and oxygen atoms in total. The van der Waals surface area contributed by atoms with E-state index in [4.69, 9.17) is 24.7 Å². The highest BCUT2D eigenvalue weighted by Gasteiger charge is 2.51. The predicted octanol–water partition coefficient (Wildman–Crippen LogP) is 0.726. The van der Waals surface area contributed by atoms with Gasteiger partial charge in [0.1, 0.15) is 66.3 Å². The Morgan fingerprint density at radius 1 is 0.878 bits per heavy atom. The maximum Gasteiger partial charge on any atom is 0.408 e. The zero-order valence-corrected chi connectivity index (χ0v) is 46.4. The minimum Gasteiger partial charge on any atom is -0.507 e. The summed E-state index contributed by atoms with van der Waals surface area (Å²) in [6, 6.07) is 7.54. The van der Waals surface area contributed by atoms with Crippen molar-refractivity contribution >= 4 is 53.0 Å². The van der Waals surface area contributed by atoms with E-state index in [1.54, 1.807) is 24.3 Å². The van der Waals surface area contributed by atoms with Crippen molar-refractivity contribution in [3.05, 3.63) is 87.5 Å². The smallest absolute Gasteiger partial charge is 0.408 e. The van der Waals surface area contributed by atoms with E-state index < -0.39 is 162 Å². The number of aliphatic hydroxyl groups excluding tert-OH is 2. The van der Waals surface area contributed by atoms with Crippen LogP contribution >= 0.6 is 0 Å². The number of nitrogens with zero attached hydrogens (tertiary/aromatic N) is 1. The highest BCUT2D eigenvalue weighted by Crippen LogP contribution is 2.52. The molecule has 3 aromatic rings. The molecule has 25 heteroatoms. The first-order valence-electron chi connectivity index (χ1n) is 27.4. The number of carbonyl (C=O) groups is 9. The highest BCUT2D eigenvalue weighted by atomic mass is 16.7. The number of hydrogen-bond donors (Lipinski definition) is 11. The van der Waals surface area contributed by atoms with Gasteiger partial charge in [0, 0.05) is 42.5 Å². The Hall–Kier alpha value is -7.55. The second kappa shape index (κ2) is 27.0. The molecule has 7 rings (SSSR count). The van der Waals surface area contributed by atoms with Crippen molar-refractivity contribution in [2.45, 2.75) is 153 Å². The number of carbonyl (C=O) groups excluding carboxylic acids is 9. The Morgan fingerprint density at radius 2 is 1.60 bits per heavy atom. The molecule has 2 aliphatic heterocycles. The van der Waals surface area contributed by atoms with Crippen LogP contribution in [0.1, 0.15) is 134 Å². The molecule has 12 N–H and O–H groups in total. The van der Waals surface area contributed by atoms with Crippen LogP contribution in [0.5, 0.6) is 17.2 Å². The van der Waals surface area contributed by atoms with Gasteiger partial charge in [0.05, 0.1) is 48.6 Å². The lowest BCUT2D eigenvalue weighted by Gasteiger charge is -2.43. The van der Waals surface area contributed by atoms with E-state index in [0.29, 0.717) is 25.8 Å². The number of nitrogens with two attached hydrogens (primary N) is 1. The summed E-state index contributed by atoms with van der Waals surface area (Å²) in [5.74, 6) is -7.97. The summed E-state index contributed by atoms with van der Waals surface area (Å²) in [5, 5.41) is 70.0. The van der Waals surface area contributed by atoms with Crippen molar-refractivity contribution < 1.29 is 87.6 Å². The Kier molecular flexibility index (Phi) is 20.4. The third-order valence-corrected chi connectivity index (χ3v) is 15.2. The molecular weight excluding hydrogens is 1070 g/mol. The SMILES string of the molecule is COc1cccc2c1C(=O)c1c(O)c3c(c(O)c1C2=O)C[C@@](O)(C(=O)CO)C[C@@H]3O[C@@H]1C[C@H](NC(=O)[C@H](CC(C)C)NC(=O)[C@@H]2CCCN2C(=O)CNC(=O)[C@H](C)NC(=O)[C@H](CCCCN)NC(=O)OCc2ccccc2)[C@H](O)[C@H](C)O1. The fraction of sp³-hybridized carbons (Fsp3) is 0.526. The molecule has 0 spiro atoms. The molecule has 0 bridgehead atoms. The molecule has 2 aliphatic carbocycles. The number of alkyl carbamates (subject to hydrolysis) is 1. The summed E-state index contributed by atoms with van der Waals surface area (Å²) in [5.41, 5.74) is 1.88. The number of ether oxygens (including phenoxy) is 4. The average Bonchev–Trinajstić information content (AvgIpc) is 2.06. The summed E-state index contributed by atoms with van der Waals surface area (Å²) >= 11 is 0. The van der Waals surface area contributed by atoms with Gasteiger partial charge in [-0.15, -0.1) is 0 Å². The van der Waals surface area contributed by atoms with Crippen LogP contribution in [0.3, 0.4) is 0 Å². The standard InChI is InChI=1S/C57H73N7O18/c1-28(2)21-36(62-55(76)37-17-12-20-64(37)41(67)25-59-52(73)29(3)60-53(74)34(16-9-10-19-58)63-56(77)80-27-31-13-7-6-8-14-31)54(75)61-35-22-42(81-30(4)47(35)68)82-39-24-57(78,40(66)26-65)23-33-44(39)51(72)46-45(49(33)70)48(69)32-15-11-18-38(79-5)43(32)50(46)71/h6-8,11,13-15,18,28-30,34-37,39,42,47,65,68,70,72,78H,9-10,12,16-17,19-27,58H2,1-5H3,(H,59,73)(H,60,74)(H,61,75)(H,62,76)(H,63,77)/t29-,30-,34-,35-,36-,37-,39-,42+,47+,57-/m0/s1. The molecule has 82 heavy (non-hydrogen) atoms. The highest BCUT2D eigenvalue weighted by molar-refractivity contribution is 6.31. The van der Waals surface area contributed by atoms with Crippen molar-refractivity contribution in [2.24, 2.45) is 11.7 Å². The van der Waals surface area contributed by atoms with Crippen molar-refractivity contribution in [3.63, 3.8) is 0 Å². The zero-order chi connectivity index (χ0) is 59.7. The molecule has 444 valence electrons. The van der Waals surface area contributed by atoms with Crippen LogP contribution in [0.25, 0.3) is 0 Å². The molecule has 10 atom stereocenters. The minimum absolute atomic E-state index is 0.0158. The second-order valence-electron chi connectivity index (χ2n) is 21.5. The van der Waals surface area contributed by atoms with E-state index in [1.807, 2.05) is 19.9 Å². The minimum atomic E-state index is -2.44. The van der Waals surface area contributed by atoms with Crippen molar-refractivity contribution in [3.8, 4) is 17.2 Å². The van der Waals surface area contributed by atoms with E-state index >= 15 is 0 Å². The number of rotatable bonds is 23. The van der Waals surface area contributed by atoms with E-state index in [1.165, 1.54) is 44.1 Å². The van der Waals surface area contributed by atoms with Crippen LogP contribution in [-0.4, -0.2) is 171 Å². The molecule has 0 saturated carbocycles. The largest absolute Gasteiger partial charge is 0.507 e. The van der Waals surface area contributed by atoms with Crippen molar-refractivity contribution in [1.29, 1.82) is 0 Å². The number of phenolic OH excluding ortho intramolecular Hbond substituents is 2. The Bertz CT molecular complexity index is 2920. The summed E-state index contributed by atoms with van der Waals surface area (Å²) in [6.07, 6.45) is -5.95. The van der Waals surface area contributed by atoms with Gasteiger partial charge in [-0.2, -0.15) is 0 Å². The van der Waals surface area contributed by atoms with Gasteiger partial charge in [0.25, 0.3) is 0 Å². The number of nitrogens with one attached hydrogen (secondary N) is 5. The number of aromatic hydroxyl groups is 2. The topological polar surface area (TPSA) is 381 Å². The lowest BCUT2D eigenvalue weighted by molar-refractivity contribution is -0.249. The van der Waals surface area contributed by atoms with Crippen LogP contribution in [0.2, 0.25) is 0 Å². The molecule has 0 unspecified atom stereocenters. The summed E-state index contributed by atoms with van der Waals surface area (Å²) in [6.45, 7) is 5.29. The predicted molar refractivity (Wildman–Crippen MR) is 289 cm³/mol. The number of aliphatic hydroxyl groups is 3. The number of amides is 6. The first kappa shape index (κ1) is 62.1. The maximum atomic E-state index is 14.3. The van der Waals surface area contributed by atoms with E-state index in [9.17, 15) is 68.7 Å². The Labute approximate surface area is 472 Å². The number of hydrogen-bond acceptors (Lipinski definition) is 19. The number of phenols is 2. The van der Waals surface area contributed by atoms with Crippen molar-refractivity contribution in [2.75, 3.05) is 33.4 Å². The number of unbranched alkanes of at least 4 members (excludes halogenated alkanes) is 1. The number of Topliss-reactive ketones (excluding diaryl/α,β-unsaturated/α-hetero) is 1. The van der Waals surface area contributed by atoms with Gasteiger partial charge in [0.15, 0.2) is 17.9 Å². The van der Waals surface area contributed by atoms with Gasteiger partial charge in [-0.1, -0.05) is 56.3 Å². The molecule has 0 radical (unpaired) electrons. The fourth-order valence-electron chi connectivity index (χ4n) is 10.9. The van der Waals surface area contributed by atoms with Gasteiger partial charge in [0.2, 0.25) is 35.3 Å². The molecular formula is C57H73N7O18. The van der Waals surface area contributed by atoms with E-state index in [-0.39, 0.29) is 72.8 Å². The van der Waals surface area contributed by atoms with E-state index in [2.05, 4.69) is 26.6 Å². The molecule has 2 heterocycles. The van der Waals surface area contributed by atoms with Gasteiger partial charge in [-0.25, -0.2) is 4.79 Å². The van der Waals surface area contributed by atoms with Crippen LogP contribution < -0.4 is 37.1 Å². The summed E-state index contributed by atoms with van der Waals surface area (Å²) in [7, 11) is 1.28. The van der Waals surface area contributed by atoms with Crippen LogP contribution in [0, 0.1) is 5.92 Å². The van der Waals surface area contributed by atoms with Crippen LogP contribution in [-0.2, 0) is 56.0 Å². The summed E-state index contributed by atoms with van der Waals surface area (Å²) < 4.78 is 23.0. The average molecular weight is 1140 g/mol. The Morgan fingerprint density at radius 3 is 2.28 bits per heavy atom. The third-order valence-electron chi connectivity index (χ3n) is 15.2. The van der Waals surface area contributed by atoms with Gasteiger partial charge in [-0.05, 0) is 76.5 Å². The number of fused-ring (bicyclic) bond motifs is 3. The first-order chi connectivity index (χ1) is 39.0. The molecule has 6 amide bonds. The number of ketones is 3. The van der Waals surface area contributed by atoms with Gasteiger partial charge >= 0.3 is 6.09 Å². The lowest BCUT2D eigenvalue weighted by Crippen LogP contribution is -2.60. The monoisotopic (exact) mass is 1140 g/mol. The van der Waals surface area contributed by atoms with Gasteiger partial charge < -0.3 is 81.7 Å². The second-order valence-corrected chi connectivity index (χ2v) is 21.5. The quantitative estimate of drug-likeness (QED) is 0.0360. The molecule has 4 aliphatic rings. The third kappa shape index (κ3) is 13.8. The number of methoxy groups -OCH3 is 1. The fourth-order valence-corrected chi connectivity index (χ4v) is 10.9. The van der Waals surface area contributed by atoms with Crippen LogP contribution in [0.15, 0.2) is 48.5 Å². The Balaban J connectivity index is 0.993. The van der Waals surface area contributed by atoms with Crippen LogP contribution in [0.4, 0.5) is 4.79 Å². The first-order valence-corrected chi connectivity index (χ1v) is 27.4. The molecule has 2 fully saturated rings. The molecule has 2 saturated heterocycles. The number of benzene rings is 3. The number of likely N-dealkylation sites (tertiary alicyclic amines) is 1. The molecule has 3 aromatic carbocycles. The molecule has 0 aromatic heterocycles. The summed E-state index contributed by atoms with van der Waals surface area (Å²) in [4.78, 5) is 124. The normalized spacial score (nSPS) is 23.0. The van der Waals surface area contributed by atoms with Crippen molar-refractivity contribution in [1.82, 2.24) is 31.5 Å². The zero-order valence-electron chi connectivity index (χ0n) is 46.4.